The number of H-pyrrole nitrogens is 1. The van der Waals surface area contributed by atoms with Gasteiger partial charge in [0.15, 0.2) is 0 Å². The molecule has 2 rings (SSSR count). The van der Waals surface area contributed by atoms with Gasteiger partial charge in [0.2, 0.25) is 0 Å². The lowest BCUT2D eigenvalue weighted by molar-refractivity contribution is 0.823. The summed E-state index contributed by atoms with van der Waals surface area (Å²) in [6.45, 7) is 0.897. The van der Waals surface area contributed by atoms with E-state index in [-0.39, 0.29) is 0 Å². The van der Waals surface area contributed by atoms with Crippen LogP contribution in [0.15, 0.2) is 28.9 Å². The number of nitrogens with one attached hydrogen (secondary N) is 2. The average Bonchev–Trinajstić information content (AvgIpc) is 2.50. The molecule has 1 aromatic heterocycles. The molecule has 0 radical (unpaired) electrons. The largest absolute Gasteiger partial charge is 0.360 e. The van der Waals surface area contributed by atoms with Gasteiger partial charge in [0.05, 0.1) is 0 Å². The van der Waals surface area contributed by atoms with E-state index < -0.39 is 0 Å². The summed E-state index contributed by atoms with van der Waals surface area (Å²) >= 11 is 3.53. The van der Waals surface area contributed by atoms with E-state index in [1.807, 2.05) is 13.2 Å². The fraction of sp³-hybridized carbons (Fsp3) is 0.200. The molecule has 3 heteroatoms. The van der Waals surface area contributed by atoms with Gasteiger partial charge in [-0.1, -0.05) is 12.1 Å². The highest BCUT2D eigenvalue weighted by Gasteiger charge is 2.04. The first-order valence-corrected chi connectivity index (χ1v) is 5.01. The van der Waals surface area contributed by atoms with Crippen LogP contribution in [-0.4, -0.2) is 12.0 Å². The van der Waals surface area contributed by atoms with Gasteiger partial charge < -0.3 is 10.3 Å². The van der Waals surface area contributed by atoms with E-state index in [0.29, 0.717) is 0 Å². The van der Waals surface area contributed by atoms with Crippen LogP contribution < -0.4 is 5.32 Å². The van der Waals surface area contributed by atoms with Crippen molar-refractivity contribution in [2.75, 3.05) is 7.05 Å². The smallest absolute Gasteiger partial charge is 0.0468 e. The standard InChI is InChI=1S/C10H11BrN2/c1-12-5-7-3-2-4-9-10(7)8(11)6-13-9/h2-4,6,12-13H,5H2,1H3. The Morgan fingerprint density at radius 3 is 3.08 bits per heavy atom. The van der Waals surface area contributed by atoms with Crippen LogP contribution in [0.4, 0.5) is 0 Å². The molecule has 68 valence electrons. The maximum absolute atomic E-state index is 3.53. The quantitative estimate of drug-likeness (QED) is 0.828. The minimum absolute atomic E-state index is 0.897. The van der Waals surface area contributed by atoms with Crippen molar-refractivity contribution in [1.29, 1.82) is 0 Å². The van der Waals surface area contributed by atoms with E-state index in [2.05, 4.69) is 44.4 Å². The Labute approximate surface area is 85.5 Å². The number of halogens is 1. The van der Waals surface area contributed by atoms with Crippen LogP contribution in [0.2, 0.25) is 0 Å². The lowest BCUT2D eigenvalue weighted by Crippen LogP contribution is -2.05. The summed E-state index contributed by atoms with van der Waals surface area (Å²) in [5.74, 6) is 0. The fourth-order valence-electron chi connectivity index (χ4n) is 1.55. The number of benzene rings is 1. The van der Waals surface area contributed by atoms with Crippen molar-refractivity contribution >= 4 is 26.8 Å². The monoisotopic (exact) mass is 238 g/mol. The number of hydrogen-bond donors (Lipinski definition) is 2. The third-order valence-electron chi connectivity index (χ3n) is 2.11. The third kappa shape index (κ3) is 1.49. The Kier molecular flexibility index (Phi) is 2.38. The molecule has 0 saturated carbocycles. The van der Waals surface area contributed by atoms with Gasteiger partial charge in [-0.15, -0.1) is 0 Å². The minimum Gasteiger partial charge on any atom is -0.360 e. The maximum Gasteiger partial charge on any atom is 0.0468 e. The summed E-state index contributed by atoms with van der Waals surface area (Å²) in [7, 11) is 1.96. The number of aromatic nitrogens is 1. The molecule has 0 aliphatic rings. The zero-order valence-electron chi connectivity index (χ0n) is 7.39. The predicted octanol–water partition coefficient (Wildman–Crippen LogP) is 2.65. The van der Waals surface area contributed by atoms with Crippen LogP contribution in [-0.2, 0) is 6.54 Å². The molecule has 0 amide bonds. The fourth-order valence-corrected chi connectivity index (χ4v) is 2.14. The second-order valence-electron chi connectivity index (χ2n) is 3.01. The van der Waals surface area contributed by atoms with Gasteiger partial charge in [-0.2, -0.15) is 0 Å². The Bertz CT molecular complexity index is 420. The molecule has 1 aromatic carbocycles. The molecule has 0 atom stereocenters. The van der Waals surface area contributed by atoms with Crippen LogP contribution in [0.5, 0.6) is 0 Å². The average molecular weight is 239 g/mol. The van der Waals surface area contributed by atoms with Crippen LogP contribution in [0.1, 0.15) is 5.56 Å². The highest BCUT2D eigenvalue weighted by molar-refractivity contribution is 9.10. The van der Waals surface area contributed by atoms with Crippen molar-refractivity contribution in [1.82, 2.24) is 10.3 Å². The van der Waals surface area contributed by atoms with E-state index >= 15 is 0 Å². The summed E-state index contributed by atoms with van der Waals surface area (Å²) < 4.78 is 1.13. The molecule has 0 unspecified atom stereocenters. The van der Waals surface area contributed by atoms with Crippen molar-refractivity contribution < 1.29 is 0 Å². The Morgan fingerprint density at radius 1 is 1.46 bits per heavy atom. The molecule has 2 N–H and O–H groups in total. The highest BCUT2D eigenvalue weighted by atomic mass is 79.9. The lowest BCUT2D eigenvalue weighted by Gasteiger charge is -2.02. The lowest BCUT2D eigenvalue weighted by atomic mass is 10.1. The van der Waals surface area contributed by atoms with E-state index in [0.717, 1.165) is 11.0 Å². The topological polar surface area (TPSA) is 27.8 Å². The van der Waals surface area contributed by atoms with Crippen molar-refractivity contribution in [3.8, 4) is 0 Å². The third-order valence-corrected chi connectivity index (χ3v) is 2.74. The number of aromatic amines is 1. The highest BCUT2D eigenvalue weighted by Crippen LogP contribution is 2.26. The minimum atomic E-state index is 0.897. The van der Waals surface area contributed by atoms with Crippen LogP contribution >= 0.6 is 15.9 Å². The zero-order chi connectivity index (χ0) is 9.26. The molecule has 13 heavy (non-hydrogen) atoms. The first kappa shape index (κ1) is 8.78. The molecule has 0 bridgehead atoms. The molecule has 2 nitrogen and oxygen atoms in total. The molecular formula is C10H11BrN2. The molecule has 0 aliphatic heterocycles. The van der Waals surface area contributed by atoms with Crippen LogP contribution in [0, 0.1) is 0 Å². The van der Waals surface area contributed by atoms with Crippen LogP contribution in [0.3, 0.4) is 0 Å². The Balaban J connectivity index is 2.65. The molecule has 0 fully saturated rings. The Hall–Kier alpha value is -0.800. The van der Waals surface area contributed by atoms with E-state index in [1.54, 1.807) is 0 Å². The van der Waals surface area contributed by atoms with Gasteiger partial charge >= 0.3 is 0 Å². The zero-order valence-corrected chi connectivity index (χ0v) is 8.98. The SMILES string of the molecule is CNCc1cccc2[nH]cc(Br)c12. The van der Waals surface area contributed by atoms with Gasteiger partial charge in [0.25, 0.3) is 0 Å². The van der Waals surface area contributed by atoms with Gasteiger partial charge in [0, 0.05) is 28.1 Å². The second kappa shape index (κ2) is 3.52. The molecule has 0 aliphatic carbocycles. The molecule has 1 heterocycles. The van der Waals surface area contributed by atoms with Gasteiger partial charge in [-0.25, -0.2) is 0 Å². The van der Waals surface area contributed by atoms with Crippen LogP contribution in [0.25, 0.3) is 10.9 Å². The summed E-state index contributed by atoms with van der Waals surface area (Å²) in [6.07, 6.45) is 1.98. The normalized spacial score (nSPS) is 10.9. The molecule has 0 spiro atoms. The van der Waals surface area contributed by atoms with Crippen molar-refractivity contribution in [3.05, 3.63) is 34.4 Å². The van der Waals surface area contributed by atoms with Gasteiger partial charge in [-0.05, 0) is 34.6 Å². The van der Waals surface area contributed by atoms with Crippen molar-refractivity contribution in [2.45, 2.75) is 6.54 Å². The van der Waals surface area contributed by atoms with E-state index in [1.165, 1.54) is 16.5 Å². The summed E-state index contributed by atoms with van der Waals surface area (Å²) in [4.78, 5) is 3.21. The van der Waals surface area contributed by atoms with E-state index in [4.69, 9.17) is 0 Å². The molecule has 2 aromatic rings. The molecule has 0 saturated heterocycles. The first-order chi connectivity index (χ1) is 6.33. The predicted molar refractivity (Wildman–Crippen MR) is 58.8 cm³/mol. The Morgan fingerprint density at radius 2 is 2.31 bits per heavy atom. The summed E-state index contributed by atoms with van der Waals surface area (Å²) in [6, 6.07) is 6.29. The van der Waals surface area contributed by atoms with E-state index in [9.17, 15) is 0 Å². The number of hydrogen-bond acceptors (Lipinski definition) is 1. The second-order valence-corrected chi connectivity index (χ2v) is 3.86. The van der Waals surface area contributed by atoms with Gasteiger partial charge in [-0.3, -0.25) is 0 Å². The summed E-state index contributed by atoms with van der Waals surface area (Å²) in [5, 5.41) is 4.43. The summed E-state index contributed by atoms with van der Waals surface area (Å²) in [5.41, 5.74) is 2.49. The van der Waals surface area contributed by atoms with Crippen molar-refractivity contribution in [2.24, 2.45) is 0 Å². The number of rotatable bonds is 2. The molecular weight excluding hydrogens is 228 g/mol. The first-order valence-electron chi connectivity index (χ1n) is 4.22. The maximum atomic E-state index is 3.53. The van der Waals surface area contributed by atoms with Gasteiger partial charge in [0.1, 0.15) is 0 Å². The number of fused-ring (bicyclic) bond motifs is 1. The van der Waals surface area contributed by atoms with Crippen molar-refractivity contribution in [3.63, 3.8) is 0 Å².